The highest BCUT2D eigenvalue weighted by Crippen LogP contribution is 2.26. The summed E-state index contributed by atoms with van der Waals surface area (Å²) in [5.74, 6) is 1.36. The van der Waals surface area contributed by atoms with Gasteiger partial charge in [0.2, 0.25) is 10.0 Å². The maximum absolute atomic E-state index is 12.5. The number of anilines is 1. The van der Waals surface area contributed by atoms with Gasteiger partial charge in [0.05, 0.1) is 10.4 Å². The predicted octanol–water partition coefficient (Wildman–Crippen LogP) is 3.09. The van der Waals surface area contributed by atoms with Gasteiger partial charge in [-0.15, -0.1) is 0 Å². The first-order valence-corrected chi connectivity index (χ1v) is 12.0. The van der Waals surface area contributed by atoms with Crippen LogP contribution in [0.1, 0.15) is 23.5 Å². The van der Waals surface area contributed by atoms with Crippen LogP contribution < -0.4 is 5.73 Å². The molecule has 1 aliphatic rings. The Morgan fingerprint density at radius 2 is 1.81 bits per heavy atom. The molecule has 4 heterocycles. The third-order valence-corrected chi connectivity index (χ3v) is 7.60. The minimum absolute atomic E-state index is 0.323. The molecule has 4 aromatic rings. The summed E-state index contributed by atoms with van der Waals surface area (Å²) in [6.45, 7) is 3.20. The van der Waals surface area contributed by atoms with E-state index in [1.807, 2.05) is 37.3 Å². The zero-order valence-electron chi connectivity index (χ0n) is 17.7. The van der Waals surface area contributed by atoms with Crippen molar-refractivity contribution in [2.45, 2.75) is 31.1 Å². The molecule has 0 unspecified atom stereocenters. The monoisotopic (exact) mass is 448 g/mol. The summed E-state index contributed by atoms with van der Waals surface area (Å²) in [4.78, 5) is 17.1. The Balaban J connectivity index is 1.34. The molecule has 32 heavy (non-hydrogen) atoms. The lowest BCUT2D eigenvalue weighted by atomic mass is 10.1. The number of pyridine rings is 2. The standard InChI is InChI=1S/C23H24N6O2S/c1-15-11-18(26-21(24)12-15)5-8-22-27-20-13-17(14-25-23(20)28-22)16-3-6-19(7-4-16)32(30,31)29-9-2-10-29/h3-4,6-7,11-14H,2,5,8-10H2,1H3,(H2,24,26)(H,25,27,28). The van der Waals surface area contributed by atoms with Crippen LogP contribution in [-0.2, 0) is 22.9 Å². The molecule has 0 saturated carbocycles. The fraction of sp³-hybridized carbons (Fsp3) is 0.261. The number of imidazole rings is 1. The Labute approximate surface area is 186 Å². The molecule has 1 saturated heterocycles. The lowest BCUT2D eigenvalue weighted by molar-refractivity contribution is 0.309. The van der Waals surface area contributed by atoms with E-state index in [4.69, 9.17) is 5.73 Å². The summed E-state index contributed by atoms with van der Waals surface area (Å²) < 4.78 is 26.6. The first-order valence-electron chi connectivity index (χ1n) is 10.6. The number of hydrogen-bond donors (Lipinski definition) is 2. The number of aromatic amines is 1. The quantitative estimate of drug-likeness (QED) is 0.468. The Morgan fingerprint density at radius 3 is 2.50 bits per heavy atom. The normalized spacial score (nSPS) is 14.5. The van der Waals surface area contributed by atoms with Gasteiger partial charge < -0.3 is 10.7 Å². The van der Waals surface area contributed by atoms with E-state index in [2.05, 4.69) is 19.9 Å². The number of nitrogens with zero attached hydrogens (tertiary/aromatic N) is 4. The second-order valence-corrected chi connectivity index (χ2v) is 10.1. The second kappa shape index (κ2) is 7.99. The van der Waals surface area contributed by atoms with Crippen LogP contribution in [0.25, 0.3) is 22.3 Å². The molecular formula is C23H24N6O2S. The van der Waals surface area contributed by atoms with Crippen molar-refractivity contribution >= 4 is 27.0 Å². The van der Waals surface area contributed by atoms with Crippen molar-refractivity contribution < 1.29 is 8.42 Å². The van der Waals surface area contributed by atoms with Gasteiger partial charge in [-0.1, -0.05) is 12.1 Å². The smallest absolute Gasteiger partial charge is 0.243 e. The minimum Gasteiger partial charge on any atom is -0.384 e. The van der Waals surface area contributed by atoms with Crippen molar-refractivity contribution in [1.82, 2.24) is 24.2 Å². The van der Waals surface area contributed by atoms with Gasteiger partial charge in [-0.3, -0.25) is 0 Å². The molecule has 9 heteroatoms. The van der Waals surface area contributed by atoms with Crippen molar-refractivity contribution in [2.24, 2.45) is 0 Å². The van der Waals surface area contributed by atoms with Crippen molar-refractivity contribution in [1.29, 1.82) is 0 Å². The fourth-order valence-electron chi connectivity index (χ4n) is 3.86. The number of sulfonamides is 1. The number of nitrogens with one attached hydrogen (secondary N) is 1. The molecule has 3 aromatic heterocycles. The third kappa shape index (κ3) is 3.96. The van der Waals surface area contributed by atoms with E-state index in [-0.39, 0.29) is 0 Å². The van der Waals surface area contributed by atoms with E-state index in [9.17, 15) is 8.42 Å². The van der Waals surface area contributed by atoms with Crippen LogP contribution in [0, 0.1) is 6.92 Å². The summed E-state index contributed by atoms with van der Waals surface area (Å²) in [5, 5.41) is 0. The minimum atomic E-state index is -3.38. The average Bonchev–Trinajstić information content (AvgIpc) is 3.12. The van der Waals surface area contributed by atoms with Crippen molar-refractivity contribution in [3.05, 3.63) is 65.7 Å². The number of aryl methyl sites for hydroxylation is 3. The Bertz CT molecular complexity index is 1370. The van der Waals surface area contributed by atoms with Gasteiger partial charge in [-0.2, -0.15) is 4.31 Å². The number of nitrogen functional groups attached to an aromatic ring is 1. The Kier molecular flexibility index (Phi) is 5.15. The maximum atomic E-state index is 12.5. The summed E-state index contributed by atoms with van der Waals surface area (Å²) in [6.07, 6.45) is 4.11. The number of rotatable bonds is 6. The van der Waals surface area contributed by atoms with E-state index in [0.717, 1.165) is 46.6 Å². The SMILES string of the molecule is Cc1cc(N)nc(CCc2nc3ncc(-c4ccc(S(=O)(=O)N5CCC5)cc4)cc3[nH]2)c1. The summed E-state index contributed by atoms with van der Waals surface area (Å²) in [5.41, 5.74) is 11.2. The molecule has 1 aromatic carbocycles. The Morgan fingerprint density at radius 1 is 1.03 bits per heavy atom. The molecule has 0 aliphatic carbocycles. The molecule has 0 atom stereocenters. The van der Waals surface area contributed by atoms with Crippen LogP contribution in [0.4, 0.5) is 5.82 Å². The lowest BCUT2D eigenvalue weighted by Crippen LogP contribution is -2.41. The lowest BCUT2D eigenvalue weighted by Gasteiger charge is -2.29. The molecule has 8 nitrogen and oxygen atoms in total. The average molecular weight is 449 g/mol. The van der Waals surface area contributed by atoms with E-state index < -0.39 is 10.0 Å². The van der Waals surface area contributed by atoms with E-state index in [1.54, 1.807) is 18.3 Å². The summed E-state index contributed by atoms with van der Waals surface area (Å²) in [6, 6.07) is 12.8. The van der Waals surface area contributed by atoms with E-state index in [1.165, 1.54) is 4.31 Å². The number of H-pyrrole nitrogens is 1. The molecule has 1 fully saturated rings. The van der Waals surface area contributed by atoms with Crippen molar-refractivity contribution in [2.75, 3.05) is 18.8 Å². The maximum Gasteiger partial charge on any atom is 0.243 e. The van der Waals surface area contributed by atoms with E-state index >= 15 is 0 Å². The zero-order chi connectivity index (χ0) is 22.3. The van der Waals surface area contributed by atoms with Crippen LogP contribution in [-0.4, -0.2) is 45.7 Å². The molecule has 0 spiro atoms. The summed E-state index contributed by atoms with van der Waals surface area (Å²) >= 11 is 0. The first kappa shape index (κ1) is 20.6. The zero-order valence-corrected chi connectivity index (χ0v) is 18.6. The van der Waals surface area contributed by atoms with Crippen molar-refractivity contribution in [3.8, 4) is 11.1 Å². The highest BCUT2D eigenvalue weighted by atomic mass is 32.2. The van der Waals surface area contributed by atoms with Crippen LogP contribution >= 0.6 is 0 Å². The topological polar surface area (TPSA) is 118 Å². The number of benzene rings is 1. The van der Waals surface area contributed by atoms with Gasteiger partial charge in [-0.25, -0.2) is 23.4 Å². The predicted molar refractivity (Wildman–Crippen MR) is 123 cm³/mol. The highest BCUT2D eigenvalue weighted by molar-refractivity contribution is 7.89. The second-order valence-electron chi connectivity index (χ2n) is 8.12. The van der Waals surface area contributed by atoms with Crippen molar-refractivity contribution in [3.63, 3.8) is 0 Å². The molecule has 1 aliphatic heterocycles. The third-order valence-electron chi connectivity index (χ3n) is 5.69. The van der Waals surface area contributed by atoms with Gasteiger partial charge in [0.1, 0.15) is 11.6 Å². The molecule has 3 N–H and O–H groups in total. The first-order chi connectivity index (χ1) is 15.4. The van der Waals surface area contributed by atoms with Crippen LogP contribution in [0.15, 0.2) is 53.6 Å². The highest BCUT2D eigenvalue weighted by Gasteiger charge is 2.29. The number of nitrogens with two attached hydrogens (primary N) is 1. The van der Waals surface area contributed by atoms with Gasteiger partial charge in [0.25, 0.3) is 0 Å². The molecule has 164 valence electrons. The summed E-state index contributed by atoms with van der Waals surface area (Å²) in [7, 11) is -3.38. The molecule has 0 amide bonds. The molecule has 0 bridgehead atoms. The van der Waals surface area contributed by atoms with Gasteiger partial charge in [0, 0.05) is 37.0 Å². The molecular weight excluding hydrogens is 424 g/mol. The largest absolute Gasteiger partial charge is 0.384 e. The van der Waals surface area contributed by atoms with Crippen LogP contribution in [0.3, 0.4) is 0 Å². The number of fused-ring (bicyclic) bond motifs is 1. The molecule has 5 rings (SSSR count). The molecule has 0 radical (unpaired) electrons. The van der Waals surface area contributed by atoms with Crippen LogP contribution in [0.5, 0.6) is 0 Å². The Hall–Kier alpha value is -3.30. The van der Waals surface area contributed by atoms with Gasteiger partial charge in [-0.05, 0) is 61.2 Å². The fourth-order valence-corrected chi connectivity index (χ4v) is 5.38. The van der Waals surface area contributed by atoms with Crippen LogP contribution in [0.2, 0.25) is 0 Å². The van der Waals surface area contributed by atoms with Gasteiger partial charge in [0.15, 0.2) is 5.65 Å². The number of aromatic nitrogens is 4. The van der Waals surface area contributed by atoms with E-state index in [0.29, 0.717) is 35.9 Å². The number of hydrogen-bond acceptors (Lipinski definition) is 6. The van der Waals surface area contributed by atoms with Gasteiger partial charge >= 0.3 is 0 Å².